The SMILES string of the molecule is COc1ccc(/C=C2/NC(=S)N(C3CC3)C2=O)cc1COc1ccc(F)cc1. The van der Waals surface area contributed by atoms with Gasteiger partial charge < -0.3 is 14.8 Å². The molecule has 1 amide bonds. The Balaban J connectivity index is 1.53. The molecule has 28 heavy (non-hydrogen) atoms. The van der Waals surface area contributed by atoms with Crippen LogP contribution in [0.3, 0.4) is 0 Å². The predicted molar refractivity (Wildman–Crippen MR) is 107 cm³/mol. The first kappa shape index (κ1) is 18.4. The van der Waals surface area contributed by atoms with Crippen LogP contribution in [0.15, 0.2) is 48.2 Å². The summed E-state index contributed by atoms with van der Waals surface area (Å²) in [4.78, 5) is 14.2. The molecule has 0 unspecified atom stereocenters. The zero-order valence-corrected chi connectivity index (χ0v) is 16.1. The number of hydrogen-bond donors (Lipinski definition) is 1. The number of rotatable bonds is 6. The van der Waals surface area contributed by atoms with E-state index in [2.05, 4.69) is 5.32 Å². The van der Waals surface area contributed by atoms with E-state index in [1.54, 1.807) is 30.2 Å². The van der Waals surface area contributed by atoms with E-state index in [0.29, 0.717) is 22.3 Å². The Labute approximate surface area is 167 Å². The van der Waals surface area contributed by atoms with Crippen molar-refractivity contribution in [1.82, 2.24) is 10.2 Å². The van der Waals surface area contributed by atoms with Gasteiger partial charge >= 0.3 is 0 Å². The van der Waals surface area contributed by atoms with Crippen LogP contribution in [-0.4, -0.2) is 29.1 Å². The number of benzene rings is 2. The fraction of sp³-hybridized carbons (Fsp3) is 0.238. The van der Waals surface area contributed by atoms with Gasteiger partial charge in [-0.1, -0.05) is 6.07 Å². The summed E-state index contributed by atoms with van der Waals surface area (Å²) in [6.45, 7) is 0.250. The molecular formula is C21H19FN2O3S. The van der Waals surface area contributed by atoms with Crippen molar-refractivity contribution in [3.8, 4) is 11.5 Å². The lowest BCUT2D eigenvalue weighted by atomic mass is 10.1. The van der Waals surface area contributed by atoms with Gasteiger partial charge in [-0.15, -0.1) is 0 Å². The lowest BCUT2D eigenvalue weighted by Crippen LogP contribution is -2.32. The van der Waals surface area contributed by atoms with Gasteiger partial charge in [-0.25, -0.2) is 4.39 Å². The number of thiocarbonyl (C=S) groups is 1. The van der Waals surface area contributed by atoms with Crippen LogP contribution in [0.2, 0.25) is 0 Å². The molecule has 1 N–H and O–H groups in total. The second kappa shape index (κ2) is 7.59. The highest BCUT2D eigenvalue weighted by atomic mass is 32.1. The molecule has 5 nitrogen and oxygen atoms in total. The van der Waals surface area contributed by atoms with Gasteiger partial charge in [-0.05, 0) is 73.1 Å². The van der Waals surface area contributed by atoms with E-state index in [1.807, 2.05) is 18.2 Å². The van der Waals surface area contributed by atoms with E-state index in [0.717, 1.165) is 24.0 Å². The second-order valence-corrected chi connectivity index (χ2v) is 7.10. The summed E-state index contributed by atoms with van der Waals surface area (Å²) < 4.78 is 24.2. The van der Waals surface area contributed by atoms with Crippen molar-refractivity contribution in [2.45, 2.75) is 25.5 Å². The van der Waals surface area contributed by atoms with Crippen molar-refractivity contribution in [2.75, 3.05) is 7.11 Å². The minimum Gasteiger partial charge on any atom is -0.496 e. The Bertz CT molecular complexity index is 955. The molecular weight excluding hydrogens is 379 g/mol. The average Bonchev–Trinajstić information content (AvgIpc) is 3.48. The van der Waals surface area contributed by atoms with Gasteiger partial charge in [0.15, 0.2) is 5.11 Å². The van der Waals surface area contributed by atoms with E-state index < -0.39 is 0 Å². The summed E-state index contributed by atoms with van der Waals surface area (Å²) in [7, 11) is 1.59. The third kappa shape index (κ3) is 3.84. The van der Waals surface area contributed by atoms with Crippen molar-refractivity contribution in [3.63, 3.8) is 0 Å². The second-order valence-electron chi connectivity index (χ2n) is 6.71. The first-order valence-corrected chi connectivity index (χ1v) is 9.37. The van der Waals surface area contributed by atoms with E-state index in [4.69, 9.17) is 21.7 Å². The monoisotopic (exact) mass is 398 g/mol. The molecule has 0 bridgehead atoms. The largest absolute Gasteiger partial charge is 0.496 e. The van der Waals surface area contributed by atoms with Crippen molar-refractivity contribution in [3.05, 3.63) is 65.1 Å². The number of amides is 1. The van der Waals surface area contributed by atoms with Crippen LogP contribution in [0.5, 0.6) is 11.5 Å². The molecule has 2 aromatic carbocycles. The lowest BCUT2D eigenvalue weighted by molar-refractivity contribution is -0.122. The number of carbonyl (C=O) groups is 1. The highest BCUT2D eigenvalue weighted by Crippen LogP contribution is 2.31. The Hall–Kier alpha value is -2.93. The predicted octanol–water partition coefficient (Wildman–Crippen LogP) is 3.63. The van der Waals surface area contributed by atoms with Crippen molar-refractivity contribution in [2.24, 2.45) is 0 Å². The van der Waals surface area contributed by atoms with Gasteiger partial charge in [-0.3, -0.25) is 9.69 Å². The molecule has 144 valence electrons. The lowest BCUT2D eigenvalue weighted by Gasteiger charge is -2.12. The molecule has 4 rings (SSSR count). The van der Waals surface area contributed by atoms with Gasteiger partial charge in [0.25, 0.3) is 5.91 Å². The van der Waals surface area contributed by atoms with Crippen LogP contribution in [0, 0.1) is 5.82 Å². The third-order valence-electron chi connectivity index (χ3n) is 4.65. The van der Waals surface area contributed by atoms with E-state index >= 15 is 0 Å². The molecule has 2 aromatic rings. The summed E-state index contributed by atoms with van der Waals surface area (Å²) in [5, 5.41) is 3.47. The molecule has 0 atom stereocenters. The quantitative estimate of drug-likeness (QED) is 0.595. The van der Waals surface area contributed by atoms with Gasteiger partial charge in [0.2, 0.25) is 0 Å². The molecule has 1 aliphatic carbocycles. The summed E-state index contributed by atoms with van der Waals surface area (Å²) in [5.41, 5.74) is 2.11. The van der Waals surface area contributed by atoms with Crippen LogP contribution in [-0.2, 0) is 11.4 Å². The zero-order valence-electron chi connectivity index (χ0n) is 15.3. The number of ether oxygens (including phenoxy) is 2. The highest BCUT2D eigenvalue weighted by molar-refractivity contribution is 7.80. The highest BCUT2D eigenvalue weighted by Gasteiger charge is 2.41. The van der Waals surface area contributed by atoms with Gasteiger partial charge in [0, 0.05) is 11.6 Å². The summed E-state index contributed by atoms with van der Waals surface area (Å²) >= 11 is 5.28. The summed E-state index contributed by atoms with van der Waals surface area (Å²) in [6.07, 6.45) is 3.76. The van der Waals surface area contributed by atoms with Gasteiger partial charge in [0.1, 0.15) is 29.6 Å². The number of halogens is 1. The molecule has 2 fully saturated rings. The fourth-order valence-corrected chi connectivity index (χ4v) is 3.41. The Morgan fingerprint density at radius 1 is 1.25 bits per heavy atom. The number of carbonyl (C=O) groups excluding carboxylic acids is 1. The number of nitrogens with zero attached hydrogens (tertiary/aromatic N) is 1. The molecule has 0 aromatic heterocycles. The van der Waals surface area contributed by atoms with Crippen LogP contribution in [0.1, 0.15) is 24.0 Å². The first-order valence-electron chi connectivity index (χ1n) is 8.96. The Morgan fingerprint density at radius 2 is 2.00 bits per heavy atom. The molecule has 0 spiro atoms. The third-order valence-corrected chi connectivity index (χ3v) is 4.94. The molecule has 1 aliphatic heterocycles. The zero-order chi connectivity index (χ0) is 19.7. The van der Waals surface area contributed by atoms with E-state index in [1.165, 1.54) is 12.1 Å². The van der Waals surface area contributed by atoms with E-state index in [9.17, 15) is 9.18 Å². The van der Waals surface area contributed by atoms with Crippen molar-refractivity contribution >= 4 is 29.3 Å². The maximum Gasteiger partial charge on any atom is 0.276 e. The van der Waals surface area contributed by atoms with Crippen molar-refractivity contribution in [1.29, 1.82) is 0 Å². The minimum atomic E-state index is -0.314. The maximum absolute atomic E-state index is 13.0. The standard InChI is InChI=1S/C21H19FN2O3S/c1-26-19-9-2-13(10-14(19)12-27-17-7-3-15(22)4-8-17)11-18-20(25)24(16-5-6-16)21(28)23-18/h2-4,7-11,16H,5-6,12H2,1H3,(H,23,28)/b18-11+. The minimum absolute atomic E-state index is 0.0903. The first-order chi connectivity index (χ1) is 13.5. The number of hydrogen-bond acceptors (Lipinski definition) is 4. The topological polar surface area (TPSA) is 50.8 Å². The number of nitrogens with one attached hydrogen (secondary N) is 1. The molecule has 1 saturated heterocycles. The Morgan fingerprint density at radius 3 is 2.68 bits per heavy atom. The molecule has 1 saturated carbocycles. The molecule has 0 radical (unpaired) electrons. The summed E-state index contributed by atoms with van der Waals surface area (Å²) in [5.74, 6) is 0.827. The maximum atomic E-state index is 13.0. The Kier molecular flexibility index (Phi) is 5.00. The normalized spacial score (nSPS) is 17.8. The van der Waals surface area contributed by atoms with Crippen LogP contribution < -0.4 is 14.8 Å². The van der Waals surface area contributed by atoms with Crippen LogP contribution >= 0.6 is 12.2 Å². The van der Waals surface area contributed by atoms with Crippen molar-refractivity contribution < 1.29 is 18.7 Å². The van der Waals surface area contributed by atoms with Crippen LogP contribution in [0.25, 0.3) is 6.08 Å². The fourth-order valence-electron chi connectivity index (χ4n) is 3.07. The van der Waals surface area contributed by atoms with Crippen LogP contribution in [0.4, 0.5) is 4.39 Å². The average molecular weight is 398 g/mol. The molecule has 1 heterocycles. The molecule has 2 aliphatic rings. The smallest absolute Gasteiger partial charge is 0.276 e. The van der Waals surface area contributed by atoms with E-state index in [-0.39, 0.29) is 24.4 Å². The van der Waals surface area contributed by atoms with Gasteiger partial charge in [0.05, 0.1) is 7.11 Å². The molecule has 7 heteroatoms. The summed E-state index contributed by atoms with van der Waals surface area (Å²) in [6, 6.07) is 11.7. The number of methoxy groups -OCH3 is 1. The van der Waals surface area contributed by atoms with Gasteiger partial charge in [-0.2, -0.15) is 0 Å².